The maximum absolute atomic E-state index is 2.72. The Morgan fingerprint density at radius 1 is 0.634 bits per heavy atom. The molecule has 3 aromatic rings. The van der Waals surface area contributed by atoms with Crippen LogP contribution in [0.1, 0.15) is 73.6 Å². The third-order valence-corrected chi connectivity index (χ3v) is 14.6. The molecule has 0 atom stereocenters. The first-order valence-electron chi connectivity index (χ1n) is 14.8. The van der Waals surface area contributed by atoms with Crippen molar-refractivity contribution in [3.8, 4) is 0 Å². The summed E-state index contributed by atoms with van der Waals surface area (Å²) in [5.41, 5.74) is 16.8. The fraction of sp³-hybridized carbons (Fsp3) is 0.368. The Balaban J connectivity index is 1.94. The van der Waals surface area contributed by atoms with Gasteiger partial charge in [0.1, 0.15) is 0 Å². The van der Waals surface area contributed by atoms with Crippen LogP contribution in [-0.4, -0.2) is 22.1 Å². The summed E-state index contributed by atoms with van der Waals surface area (Å²) in [6.07, 6.45) is 0. The first-order chi connectivity index (χ1) is 19.3. The third kappa shape index (κ3) is 5.16. The number of hydrogen-bond acceptors (Lipinski definition) is 2. The molecule has 1 saturated heterocycles. The van der Waals surface area contributed by atoms with E-state index in [0.29, 0.717) is 0 Å². The van der Waals surface area contributed by atoms with Gasteiger partial charge in [-0.05, 0) is 0 Å². The van der Waals surface area contributed by atoms with E-state index in [1.54, 1.807) is 4.17 Å². The molecule has 0 N–H and O–H groups in total. The molecule has 0 unspecified atom stereocenters. The van der Waals surface area contributed by atoms with E-state index < -0.39 is 15.0 Å². The summed E-state index contributed by atoms with van der Waals surface area (Å²) in [6.45, 7) is 27.7. The maximum atomic E-state index is 2.72. The average molecular weight is 633 g/mol. The van der Waals surface area contributed by atoms with Gasteiger partial charge in [0.15, 0.2) is 0 Å². The van der Waals surface area contributed by atoms with E-state index in [1.165, 1.54) is 71.4 Å². The van der Waals surface area contributed by atoms with Crippen LogP contribution in [0.15, 0.2) is 75.5 Å². The number of aryl methyl sites for hydroxylation is 6. The molecule has 1 heterocycles. The Morgan fingerprint density at radius 2 is 1.07 bits per heavy atom. The first-order valence-corrected chi connectivity index (χ1v) is 17.6. The van der Waals surface area contributed by atoms with Crippen molar-refractivity contribution in [1.82, 2.24) is 0 Å². The van der Waals surface area contributed by atoms with Gasteiger partial charge in [0.2, 0.25) is 0 Å². The van der Waals surface area contributed by atoms with E-state index in [2.05, 4.69) is 145 Å². The molecule has 5 rings (SSSR count). The monoisotopic (exact) mass is 633 g/mol. The fourth-order valence-electron chi connectivity index (χ4n) is 7.06. The molecule has 0 amide bonds. The second kappa shape index (κ2) is 11.1. The van der Waals surface area contributed by atoms with Crippen LogP contribution in [0.3, 0.4) is 0 Å². The molecule has 3 aromatic carbocycles. The van der Waals surface area contributed by atoms with Crippen LogP contribution in [0.5, 0.6) is 0 Å². The zero-order valence-corrected chi connectivity index (χ0v) is 28.7. The van der Waals surface area contributed by atoms with Crippen LogP contribution in [-0.2, 0) is 15.0 Å². The standard InChI is InChI=1S/C21H26N2.C10H15.C7H6.Ru/c1-14-9-16(3)20(17(4)10-14)22-7-8-23(13-22)21-18(5)11-15(2)12-19(21)6;1-7-6-10(4,5)9(3)8(7)2;1-7-5-3-2-4-6-7;/h9-12H,7-8H2,1-6H3;1-5H3;1-6H;. The summed E-state index contributed by atoms with van der Waals surface area (Å²) in [6, 6.07) is 20.5. The van der Waals surface area contributed by atoms with Crippen molar-refractivity contribution in [1.29, 1.82) is 0 Å². The quantitative estimate of drug-likeness (QED) is 0.265. The van der Waals surface area contributed by atoms with E-state index in [1.807, 2.05) is 0 Å². The predicted molar refractivity (Wildman–Crippen MR) is 177 cm³/mol. The summed E-state index contributed by atoms with van der Waals surface area (Å²) in [5.74, 6) is 0. The Labute approximate surface area is 253 Å². The fourth-order valence-corrected chi connectivity index (χ4v) is 13.2. The van der Waals surface area contributed by atoms with Crippen LogP contribution < -0.4 is 9.80 Å². The van der Waals surface area contributed by atoms with Crippen molar-refractivity contribution in [2.75, 3.05) is 22.9 Å². The van der Waals surface area contributed by atoms with Crippen LogP contribution >= 0.6 is 0 Å². The molecule has 3 heteroatoms. The number of anilines is 2. The molecule has 2 aliphatic rings. The predicted octanol–water partition coefficient (Wildman–Crippen LogP) is 9.07. The molecule has 41 heavy (non-hydrogen) atoms. The van der Waals surface area contributed by atoms with E-state index >= 15 is 0 Å². The van der Waals surface area contributed by atoms with Gasteiger partial charge in [0.05, 0.1) is 0 Å². The molecule has 2 nitrogen and oxygen atoms in total. The van der Waals surface area contributed by atoms with E-state index in [0.717, 1.165) is 13.1 Å². The number of hydrogen-bond donors (Lipinski definition) is 0. The number of benzene rings is 3. The molecular weight excluding hydrogens is 586 g/mol. The average Bonchev–Trinajstić information content (AvgIpc) is 3.35. The molecule has 1 aliphatic heterocycles. The van der Waals surface area contributed by atoms with Crippen LogP contribution in [0.4, 0.5) is 11.4 Å². The zero-order chi connectivity index (χ0) is 29.8. The van der Waals surface area contributed by atoms with Crippen molar-refractivity contribution >= 4 is 20.3 Å². The Kier molecular flexibility index (Phi) is 7.99. The minimum atomic E-state index is -1.97. The van der Waals surface area contributed by atoms with Gasteiger partial charge in [-0.25, -0.2) is 0 Å². The minimum absolute atomic E-state index is 0.0278. The number of nitrogens with zero attached hydrogens (tertiary/aromatic N) is 2. The van der Waals surface area contributed by atoms with Crippen molar-refractivity contribution in [3.63, 3.8) is 0 Å². The van der Waals surface area contributed by atoms with Gasteiger partial charge in [0.25, 0.3) is 0 Å². The van der Waals surface area contributed by atoms with Crippen molar-refractivity contribution < 1.29 is 15.0 Å². The van der Waals surface area contributed by atoms with Gasteiger partial charge in [-0.3, -0.25) is 0 Å². The molecule has 0 spiro atoms. The van der Waals surface area contributed by atoms with Crippen molar-refractivity contribution in [3.05, 3.63) is 114 Å². The summed E-state index contributed by atoms with van der Waals surface area (Å²) in [4.78, 5) is 5.45. The van der Waals surface area contributed by atoms with Crippen molar-refractivity contribution in [2.45, 2.75) is 76.2 Å². The number of rotatable bonds is 4. The molecule has 0 radical (unpaired) electrons. The first kappa shape index (κ1) is 29.6. The van der Waals surface area contributed by atoms with Crippen LogP contribution in [0, 0.1) is 47.0 Å². The Hall–Kier alpha value is -2.90. The van der Waals surface area contributed by atoms with Gasteiger partial charge >= 0.3 is 254 Å². The Morgan fingerprint density at radius 3 is 1.46 bits per heavy atom. The van der Waals surface area contributed by atoms with Gasteiger partial charge in [-0.1, -0.05) is 0 Å². The van der Waals surface area contributed by atoms with E-state index in [9.17, 15) is 0 Å². The SMILES string of the molecule is CC1=C(C)C(C)(C)[C](/[Ru](=[CH]/c2ccccc2)=[C]2N(c3c(C)cc(C)cc3C)CCN2c2c(C)cc(C)cc2C)=C1C. The van der Waals surface area contributed by atoms with Crippen molar-refractivity contribution in [2.24, 2.45) is 5.41 Å². The molecule has 217 valence electrons. The summed E-state index contributed by atoms with van der Waals surface area (Å²) in [5, 5.41) is 0. The summed E-state index contributed by atoms with van der Waals surface area (Å²) < 4.78 is 5.86. The second-order valence-electron chi connectivity index (χ2n) is 12.7. The molecule has 1 aliphatic carbocycles. The molecule has 0 saturated carbocycles. The van der Waals surface area contributed by atoms with Gasteiger partial charge in [-0.2, -0.15) is 0 Å². The topological polar surface area (TPSA) is 6.48 Å². The molecule has 0 bridgehead atoms. The third-order valence-electron chi connectivity index (χ3n) is 9.09. The van der Waals surface area contributed by atoms with E-state index in [4.69, 9.17) is 0 Å². The second-order valence-corrected chi connectivity index (χ2v) is 16.2. The molecule has 0 aromatic heterocycles. The van der Waals surface area contributed by atoms with Gasteiger partial charge in [-0.15, -0.1) is 0 Å². The van der Waals surface area contributed by atoms with Crippen LogP contribution in [0.25, 0.3) is 0 Å². The number of allylic oxidation sites excluding steroid dienone is 4. The summed E-state index contributed by atoms with van der Waals surface area (Å²) >= 11 is -1.97. The Bertz CT molecular complexity index is 1580. The van der Waals surface area contributed by atoms with Gasteiger partial charge < -0.3 is 0 Å². The normalized spacial score (nSPS) is 17.9. The molecular formula is C38H47N2Ru. The van der Waals surface area contributed by atoms with Gasteiger partial charge in [0, 0.05) is 0 Å². The zero-order valence-electron chi connectivity index (χ0n) is 26.9. The molecule has 1 fully saturated rings. The van der Waals surface area contributed by atoms with E-state index in [-0.39, 0.29) is 5.41 Å². The summed E-state index contributed by atoms with van der Waals surface area (Å²) in [7, 11) is 0. The van der Waals surface area contributed by atoms with Crippen LogP contribution in [0.2, 0.25) is 0 Å².